The smallest absolute Gasteiger partial charge is 0.307 e. The van der Waals surface area contributed by atoms with Gasteiger partial charge in [0.25, 0.3) is 5.91 Å². The fourth-order valence-electron chi connectivity index (χ4n) is 2.71. The van der Waals surface area contributed by atoms with Gasteiger partial charge >= 0.3 is 5.97 Å². The standard InChI is InChI=1S/C16H19ClN2O5/c17-12-7-3-4-8-13(12)24-9-14(20)18-19-15(21)10-5-1-2-6-11(10)16(22)23/h3-4,7-8,10-11H,1-2,5-6,9H2,(H,18,20)(H,19,21)(H,22,23)/t10-,11+/m1/s1. The number of hydrogen-bond donors (Lipinski definition) is 3. The monoisotopic (exact) mass is 354 g/mol. The Hall–Kier alpha value is -2.28. The van der Waals surface area contributed by atoms with Crippen LogP contribution in [0.5, 0.6) is 5.75 Å². The van der Waals surface area contributed by atoms with Crippen molar-refractivity contribution in [1.29, 1.82) is 0 Å². The van der Waals surface area contributed by atoms with E-state index in [0.717, 1.165) is 12.8 Å². The molecule has 0 heterocycles. The van der Waals surface area contributed by atoms with Crippen molar-refractivity contribution in [2.45, 2.75) is 25.7 Å². The highest BCUT2D eigenvalue weighted by molar-refractivity contribution is 6.32. The van der Waals surface area contributed by atoms with E-state index in [2.05, 4.69) is 10.9 Å². The minimum absolute atomic E-state index is 0.322. The van der Waals surface area contributed by atoms with Gasteiger partial charge in [0.05, 0.1) is 16.9 Å². The zero-order valence-electron chi connectivity index (χ0n) is 13.0. The summed E-state index contributed by atoms with van der Waals surface area (Å²) in [6.07, 6.45) is 2.55. The van der Waals surface area contributed by atoms with Crippen molar-refractivity contribution in [3.05, 3.63) is 29.3 Å². The molecule has 3 N–H and O–H groups in total. The average Bonchev–Trinajstić information content (AvgIpc) is 2.59. The lowest BCUT2D eigenvalue weighted by atomic mass is 9.79. The van der Waals surface area contributed by atoms with Crippen LogP contribution in [0.3, 0.4) is 0 Å². The zero-order chi connectivity index (χ0) is 17.5. The number of carbonyl (C=O) groups is 3. The Bertz CT molecular complexity index is 622. The number of amides is 2. The second kappa shape index (κ2) is 8.54. The molecular weight excluding hydrogens is 336 g/mol. The van der Waals surface area contributed by atoms with Gasteiger partial charge in [-0.2, -0.15) is 0 Å². The number of carboxylic acid groups (broad SMARTS) is 1. The van der Waals surface area contributed by atoms with Crippen molar-refractivity contribution < 1.29 is 24.2 Å². The third-order valence-electron chi connectivity index (χ3n) is 3.94. The van der Waals surface area contributed by atoms with Gasteiger partial charge in [0, 0.05) is 0 Å². The first-order valence-electron chi connectivity index (χ1n) is 7.68. The topological polar surface area (TPSA) is 105 Å². The van der Waals surface area contributed by atoms with E-state index in [1.165, 1.54) is 0 Å². The molecule has 7 nitrogen and oxygen atoms in total. The molecule has 1 aliphatic rings. The van der Waals surface area contributed by atoms with Crippen LogP contribution >= 0.6 is 11.6 Å². The van der Waals surface area contributed by atoms with E-state index in [1.54, 1.807) is 24.3 Å². The summed E-state index contributed by atoms with van der Waals surface area (Å²) in [6.45, 7) is -0.322. The van der Waals surface area contributed by atoms with Gasteiger partial charge in [0.1, 0.15) is 5.75 Å². The van der Waals surface area contributed by atoms with Gasteiger partial charge < -0.3 is 9.84 Å². The average molecular weight is 355 g/mol. The molecule has 24 heavy (non-hydrogen) atoms. The maximum Gasteiger partial charge on any atom is 0.307 e. The first-order valence-corrected chi connectivity index (χ1v) is 8.05. The van der Waals surface area contributed by atoms with E-state index in [9.17, 15) is 19.5 Å². The molecule has 1 aromatic carbocycles. The Morgan fingerprint density at radius 1 is 1.12 bits per heavy atom. The van der Waals surface area contributed by atoms with Gasteiger partial charge in [0.2, 0.25) is 5.91 Å². The Morgan fingerprint density at radius 2 is 1.79 bits per heavy atom. The van der Waals surface area contributed by atoms with Crippen LogP contribution in [-0.4, -0.2) is 29.5 Å². The quantitative estimate of drug-likeness (QED) is 0.699. The van der Waals surface area contributed by atoms with Gasteiger partial charge in [-0.3, -0.25) is 25.2 Å². The number of rotatable bonds is 5. The van der Waals surface area contributed by atoms with Crippen molar-refractivity contribution in [1.82, 2.24) is 10.9 Å². The number of benzene rings is 1. The molecular formula is C16H19ClN2O5. The van der Waals surface area contributed by atoms with Crippen LogP contribution in [0.2, 0.25) is 5.02 Å². The highest BCUT2D eigenvalue weighted by Gasteiger charge is 2.35. The minimum atomic E-state index is -0.983. The van der Waals surface area contributed by atoms with Crippen LogP contribution in [0.1, 0.15) is 25.7 Å². The van der Waals surface area contributed by atoms with Crippen LogP contribution in [0, 0.1) is 11.8 Å². The number of hydrazine groups is 1. The van der Waals surface area contributed by atoms with Crippen LogP contribution in [0.15, 0.2) is 24.3 Å². The molecule has 1 aliphatic carbocycles. The summed E-state index contributed by atoms with van der Waals surface area (Å²) >= 11 is 5.90. The summed E-state index contributed by atoms with van der Waals surface area (Å²) in [6, 6.07) is 6.70. The van der Waals surface area contributed by atoms with E-state index in [4.69, 9.17) is 16.3 Å². The Morgan fingerprint density at radius 3 is 2.46 bits per heavy atom. The molecule has 1 fully saturated rings. The van der Waals surface area contributed by atoms with E-state index >= 15 is 0 Å². The fraction of sp³-hybridized carbons (Fsp3) is 0.438. The summed E-state index contributed by atoms with van der Waals surface area (Å²) in [7, 11) is 0. The number of halogens is 1. The molecule has 130 valence electrons. The highest BCUT2D eigenvalue weighted by atomic mass is 35.5. The lowest BCUT2D eigenvalue weighted by molar-refractivity contribution is -0.149. The zero-order valence-corrected chi connectivity index (χ0v) is 13.7. The maximum atomic E-state index is 12.1. The van der Waals surface area contributed by atoms with Gasteiger partial charge in [-0.05, 0) is 25.0 Å². The van der Waals surface area contributed by atoms with Gasteiger partial charge in [0.15, 0.2) is 6.61 Å². The number of carbonyl (C=O) groups excluding carboxylic acids is 2. The summed E-state index contributed by atoms with van der Waals surface area (Å²) in [5, 5.41) is 9.55. The summed E-state index contributed by atoms with van der Waals surface area (Å²) in [5.74, 6) is -3.03. The lowest BCUT2D eigenvalue weighted by Gasteiger charge is -2.27. The Balaban J connectivity index is 1.79. The fourth-order valence-corrected chi connectivity index (χ4v) is 2.90. The Labute approximate surface area is 144 Å². The molecule has 0 bridgehead atoms. The normalized spacial score (nSPS) is 20.0. The second-order valence-electron chi connectivity index (χ2n) is 5.59. The molecule has 0 unspecified atom stereocenters. The van der Waals surface area contributed by atoms with E-state index < -0.39 is 29.6 Å². The highest BCUT2D eigenvalue weighted by Crippen LogP contribution is 2.30. The number of nitrogens with one attached hydrogen (secondary N) is 2. The molecule has 0 aromatic heterocycles. The Kier molecular flexibility index (Phi) is 6.43. The van der Waals surface area contributed by atoms with Crippen LogP contribution < -0.4 is 15.6 Å². The first kappa shape index (κ1) is 18.1. The SMILES string of the molecule is O=C(COc1ccccc1Cl)NNC(=O)[C@@H]1CCCC[C@@H]1C(=O)O. The molecule has 2 rings (SSSR count). The molecule has 2 atom stereocenters. The molecule has 0 spiro atoms. The van der Waals surface area contributed by atoms with E-state index in [1.807, 2.05) is 0 Å². The van der Waals surface area contributed by atoms with Crippen LogP contribution in [0.4, 0.5) is 0 Å². The predicted molar refractivity (Wildman–Crippen MR) is 86.3 cm³/mol. The number of carboxylic acids is 1. The van der Waals surface area contributed by atoms with E-state index in [-0.39, 0.29) is 6.61 Å². The second-order valence-corrected chi connectivity index (χ2v) is 6.00. The summed E-state index contributed by atoms with van der Waals surface area (Å²) in [4.78, 5) is 35.0. The predicted octanol–water partition coefficient (Wildman–Crippen LogP) is 1.76. The van der Waals surface area contributed by atoms with Crippen LogP contribution in [0.25, 0.3) is 0 Å². The van der Waals surface area contributed by atoms with Gasteiger partial charge in [-0.25, -0.2) is 0 Å². The van der Waals surface area contributed by atoms with Crippen molar-refractivity contribution >= 4 is 29.4 Å². The van der Waals surface area contributed by atoms with Crippen molar-refractivity contribution in [3.63, 3.8) is 0 Å². The minimum Gasteiger partial charge on any atom is -0.482 e. The molecule has 1 aromatic rings. The third kappa shape index (κ3) is 4.86. The van der Waals surface area contributed by atoms with E-state index in [0.29, 0.717) is 23.6 Å². The molecule has 0 radical (unpaired) electrons. The van der Waals surface area contributed by atoms with Crippen molar-refractivity contribution in [2.24, 2.45) is 11.8 Å². The maximum absolute atomic E-state index is 12.1. The number of para-hydroxylation sites is 1. The molecule has 1 saturated carbocycles. The molecule has 2 amide bonds. The van der Waals surface area contributed by atoms with Crippen molar-refractivity contribution in [3.8, 4) is 5.75 Å². The number of ether oxygens (including phenoxy) is 1. The summed E-state index contributed by atoms with van der Waals surface area (Å²) < 4.78 is 5.25. The number of aliphatic carboxylic acids is 1. The molecule has 8 heteroatoms. The van der Waals surface area contributed by atoms with Crippen LogP contribution in [-0.2, 0) is 14.4 Å². The van der Waals surface area contributed by atoms with Gasteiger partial charge in [-0.15, -0.1) is 0 Å². The third-order valence-corrected chi connectivity index (χ3v) is 4.25. The number of hydrogen-bond acceptors (Lipinski definition) is 4. The molecule has 0 saturated heterocycles. The first-order chi connectivity index (χ1) is 11.5. The lowest BCUT2D eigenvalue weighted by Crippen LogP contribution is -2.49. The summed E-state index contributed by atoms with van der Waals surface area (Å²) in [5.41, 5.74) is 4.50. The van der Waals surface area contributed by atoms with Gasteiger partial charge in [-0.1, -0.05) is 36.6 Å². The largest absolute Gasteiger partial charge is 0.482 e. The van der Waals surface area contributed by atoms with Crippen molar-refractivity contribution in [2.75, 3.05) is 6.61 Å². The molecule has 0 aliphatic heterocycles.